The van der Waals surface area contributed by atoms with Crippen LogP contribution in [-0.2, 0) is 40.4 Å². The lowest BCUT2D eigenvalue weighted by Gasteiger charge is -2.42. The second-order valence-electron chi connectivity index (χ2n) is 19.4. The molecule has 4 aliphatic rings. The third kappa shape index (κ3) is 11.4. The minimum Gasteiger partial charge on any atom is -0.486 e. The van der Waals surface area contributed by atoms with Gasteiger partial charge in [0.15, 0.2) is 11.6 Å². The molecule has 396 valence electrons. The van der Waals surface area contributed by atoms with Gasteiger partial charge in [-0.1, -0.05) is 67.9 Å². The van der Waals surface area contributed by atoms with E-state index in [1.807, 2.05) is 37.3 Å². The number of rotatable bonds is 18. The second-order valence-corrected chi connectivity index (χ2v) is 19.8. The predicted molar refractivity (Wildman–Crippen MR) is 281 cm³/mol. The molecule has 4 aliphatic heterocycles. The number of amides is 6. The van der Waals surface area contributed by atoms with Crippen molar-refractivity contribution in [3.63, 3.8) is 0 Å². The molecule has 3 atom stereocenters. The zero-order chi connectivity index (χ0) is 53.6. The highest BCUT2D eigenvalue weighted by Gasteiger charge is 2.37. The molecule has 6 amide bonds. The minimum atomic E-state index is -1.26. The van der Waals surface area contributed by atoms with Crippen LogP contribution in [0.25, 0.3) is 10.8 Å². The molecule has 5 heterocycles. The van der Waals surface area contributed by atoms with E-state index in [0.29, 0.717) is 73.0 Å². The molecule has 0 aliphatic carbocycles. The van der Waals surface area contributed by atoms with Gasteiger partial charge < -0.3 is 44.6 Å². The van der Waals surface area contributed by atoms with E-state index in [9.17, 15) is 38.0 Å². The van der Waals surface area contributed by atoms with Crippen molar-refractivity contribution in [2.24, 2.45) is 0 Å². The molecule has 21 heteroatoms. The molecule has 5 aromatic rings. The first-order chi connectivity index (χ1) is 36.7. The van der Waals surface area contributed by atoms with E-state index in [1.165, 1.54) is 4.90 Å². The van der Waals surface area contributed by atoms with Crippen molar-refractivity contribution >= 4 is 69.7 Å². The lowest BCUT2D eigenvalue weighted by atomic mass is 10.0. The number of likely N-dealkylation sites (tertiary alicyclic amines) is 1. The number of ether oxygens (including phenoxy) is 2. The van der Waals surface area contributed by atoms with Crippen LogP contribution in [-0.4, -0.2) is 126 Å². The molecule has 76 heavy (non-hydrogen) atoms. The van der Waals surface area contributed by atoms with Gasteiger partial charge in [0, 0.05) is 85.2 Å². The molecule has 1 aromatic heterocycles. The van der Waals surface area contributed by atoms with Crippen LogP contribution in [0.15, 0.2) is 78.9 Å². The maximum atomic E-state index is 14.7. The maximum absolute atomic E-state index is 14.7. The summed E-state index contributed by atoms with van der Waals surface area (Å²) in [6.45, 7) is 8.81. The number of imide groups is 1. The summed E-state index contributed by atoms with van der Waals surface area (Å²) in [5.41, 5.74) is 4.13. The van der Waals surface area contributed by atoms with Crippen LogP contribution in [0, 0.1) is 23.0 Å². The van der Waals surface area contributed by atoms with E-state index in [0.717, 1.165) is 59.2 Å². The number of aromatic nitrogens is 2. The number of nitrogens with zero attached hydrogens (tertiary/aromatic N) is 8. The van der Waals surface area contributed by atoms with Gasteiger partial charge >= 0.3 is 12.0 Å². The van der Waals surface area contributed by atoms with Gasteiger partial charge in [0.1, 0.15) is 30.8 Å². The van der Waals surface area contributed by atoms with E-state index in [-0.39, 0.29) is 74.0 Å². The van der Waals surface area contributed by atoms with Gasteiger partial charge in [0.25, 0.3) is 11.8 Å². The Labute approximate surface area is 443 Å². The van der Waals surface area contributed by atoms with Crippen molar-refractivity contribution in [3.8, 4) is 17.8 Å². The number of benzene rings is 4. The number of urea groups is 1. The Morgan fingerprint density at radius 2 is 1.79 bits per heavy atom. The van der Waals surface area contributed by atoms with Gasteiger partial charge in [0.05, 0.1) is 41.5 Å². The molecular weight excluding hydrogens is 1000 g/mol. The lowest BCUT2D eigenvalue weighted by molar-refractivity contribution is -0.130. The van der Waals surface area contributed by atoms with E-state index < -0.39 is 48.2 Å². The number of fused-ring (bicyclic) bond motifs is 3. The molecule has 0 saturated carbocycles. The molecule has 4 aromatic carbocycles. The number of piperazine rings is 1. The summed E-state index contributed by atoms with van der Waals surface area (Å²) < 4.78 is 41.6. The number of likely N-dealkylation sites (N-methyl/N-ethyl adjacent to an activating group) is 1. The molecule has 0 spiro atoms. The second kappa shape index (κ2) is 23.3. The highest BCUT2D eigenvalue weighted by atomic mass is 35.5. The third-order valence-electron chi connectivity index (χ3n) is 14.5. The van der Waals surface area contributed by atoms with Gasteiger partial charge in [-0.05, 0) is 74.0 Å². The Hall–Kier alpha value is -7.89. The fraction of sp³-hybridized carbons (Fsp3) is 0.382. The van der Waals surface area contributed by atoms with Crippen LogP contribution < -0.4 is 35.2 Å². The minimum absolute atomic E-state index is 0.00829. The first kappa shape index (κ1) is 53.0. The summed E-state index contributed by atoms with van der Waals surface area (Å²) in [7, 11) is 2.08. The summed E-state index contributed by atoms with van der Waals surface area (Å²) in [5, 5.41) is 20.0. The molecule has 18 nitrogen and oxygen atoms in total. The van der Waals surface area contributed by atoms with Crippen LogP contribution in [0.5, 0.6) is 11.8 Å². The maximum Gasteiger partial charge on any atom is 0.319 e. The van der Waals surface area contributed by atoms with E-state index in [4.69, 9.17) is 31.0 Å². The predicted octanol–water partition coefficient (Wildman–Crippen LogP) is 6.88. The third-order valence-corrected chi connectivity index (χ3v) is 14.8. The van der Waals surface area contributed by atoms with E-state index in [1.54, 1.807) is 23.1 Å². The molecule has 2 fully saturated rings. The Morgan fingerprint density at radius 1 is 0.987 bits per heavy atom. The molecule has 0 bridgehead atoms. The van der Waals surface area contributed by atoms with Crippen molar-refractivity contribution in [1.82, 2.24) is 35.3 Å². The number of hydrogen-bond donors (Lipinski definition) is 3. The highest BCUT2D eigenvalue weighted by Crippen LogP contribution is 2.38. The van der Waals surface area contributed by atoms with E-state index >= 15 is 0 Å². The van der Waals surface area contributed by atoms with Crippen molar-refractivity contribution < 1.29 is 42.2 Å². The van der Waals surface area contributed by atoms with Crippen LogP contribution >= 0.6 is 11.6 Å². The fourth-order valence-electron chi connectivity index (χ4n) is 10.6. The normalized spacial score (nSPS) is 17.7. The number of hydrogen-bond acceptors (Lipinski definition) is 13. The van der Waals surface area contributed by atoms with Crippen molar-refractivity contribution in [2.45, 2.75) is 83.2 Å². The van der Waals surface area contributed by atoms with Crippen molar-refractivity contribution in [3.05, 3.63) is 123 Å². The van der Waals surface area contributed by atoms with Crippen molar-refractivity contribution in [1.29, 1.82) is 5.26 Å². The van der Waals surface area contributed by atoms with Crippen LogP contribution in [0.4, 0.5) is 30.8 Å². The van der Waals surface area contributed by atoms with Crippen LogP contribution in [0.1, 0.15) is 71.8 Å². The molecule has 9 rings (SSSR count). The van der Waals surface area contributed by atoms with Crippen LogP contribution in [0.3, 0.4) is 0 Å². The Morgan fingerprint density at radius 3 is 2.55 bits per heavy atom. The quantitative estimate of drug-likeness (QED) is 0.0606. The van der Waals surface area contributed by atoms with Gasteiger partial charge in [-0.25, -0.2) is 13.6 Å². The van der Waals surface area contributed by atoms with Crippen molar-refractivity contribution in [2.75, 3.05) is 68.1 Å². The monoisotopic (exact) mass is 1060 g/mol. The Kier molecular flexibility index (Phi) is 16.3. The average molecular weight is 1060 g/mol. The lowest BCUT2D eigenvalue weighted by Crippen LogP contribution is -2.56. The first-order valence-corrected chi connectivity index (χ1v) is 25.7. The number of carbonyl (C=O) groups is 5. The summed E-state index contributed by atoms with van der Waals surface area (Å²) >= 11 is 6.78. The molecule has 0 radical (unpaired) electrons. The average Bonchev–Trinajstić information content (AvgIpc) is 4.01. The molecule has 3 unspecified atom stereocenters. The summed E-state index contributed by atoms with van der Waals surface area (Å²) in [4.78, 5) is 83.8. The number of anilines is 3. The number of halogens is 3. The first-order valence-electron chi connectivity index (χ1n) is 25.3. The Bertz CT molecular complexity index is 3130. The topological polar surface area (TPSA) is 206 Å². The number of nitriles is 1. The van der Waals surface area contributed by atoms with Crippen LogP contribution in [0.2, 0.25) is 5.02 Å². The number of carbonyl (C=O) groups excluding carboxylic acids is 5. The SMILES string of the molecule is C=C(COc1cc(F)c(F)cc1NC(=O)NCc1ccc2c(c1)CN(C(CCC)C(=O)NC=O)C2=O)C(=O)N1CCN(c2nc(OCC3CCCN3C)nc3c2CCN(c2cccc4cccc(Cl)c24)C3)CC1CC#N. The highest BCUT2D eigenvalue weighted by molar-refractivity contribution is 6.36. The zero-order valence-electron chi connectivity index (χ0n) is 42.3. The fourth-order valence-corrected chi connectivity index (χ4v) is 10.8. The molecular formula is C55H58ClF2N11O7. The van der Waals surface area contributed by atoms with Gasteiger partial charge in [-0.15, -0.1) is 0 Å². The summed E-state index contributed by atoms with van der Waals surface area (Å²) in [6.07, 6.45) is 3.91. The largest absolute Gasteiger partial charge is 0.486 e. The smallest absolute Gasteiger partial charge is 0.319 e. The summed E-state index contributed by atoms with van der Waals surface area (Å²) in [5.74, 6) is -3.54. The Balaban J connectivity index is 0.854. The number of nitrogens with one attached hydrogen (secondary N) is 3. The van der Waals surface area contributed by atoms with E-state index in [2.05, 4.69) is 56.4 Å². The van der Waals surface area contributed by atoms with Gasteiger partial charge in [-0.3, -0.25) is 24.5 Å². The molecule has 3 N–H and O–H groups in total. The standard InChI is InChI=1S/C55H58ClF2N11O7/c1-4-8-47(51(71)61-32-70)69-27-36-23-34(14-15-39(36)53(69)73)26-60-54(74)62-44-24-42(57)43(58)25-48(44)75-30-33(2)52(72)68-22-21-67(28-37(68)16-18-59)50-40-17-20-66(46-13-6-10-35-9-5-12-41(56)49(35)46)29-45(40)63-55(64-50)76-31-38-11-7-19-65(38)3/h5-6,9-10,12-15,23-25,32,37-38,47H,2,4,7-8,11,16-17,19-22,26-31H2,1,3H3,(H2,60,62,74)(H,61,70,71). The summed E-state index contributed by atoms with van der Waals surface area (Å²) in [6, 6.07) is 18.9. The van der Waals surface area contributed by atoms with Gasteiger partial charge in [-0.2, -0.15) is 15.2 Å². The molecule has 2 saturated heterocycles. The van der Waals surface area contributed by atoms with Gasteiger partial charge in [0.2, 0.25) is 12.3 Å². The zero-order valence-corrected chi connectivity index (χ0v) is 43.0.